The average molecular weight is 213 g/mol. The number of hydrogen-bond donors (Lipinski definition) is 0. The van der Waals surface area contributed by atoms with Crippen LogP contribution in [0, 0.1) is 11.8 Å². The molecular formula is C15H19N. The van der Waals surface area contributed by atoms with E-state index in [4.69, 9.17) is 0 Å². The van der Waals surface area contributed by atoms with E-state index >= 15 is 0 Å². The van der Waals surface area contributed by atoms with Crippen molar-refractivity contribution in [3.05, 3.63) is 35.9 Å². The van der Waals surface area contributed by atoms with Crippen molar-refractivity contribution < 1.29 is 0 Å². The lowest BCUT2D eigenvalue weighted by Gasteiger charge is -2.31. The summed E-state index contributed by atoms with van der Waals surface area (Å²) < 4.78 is 0. The number of piperidine rings is 1. The van der Waals surface area contributed by atoms with E-state index in [-0.39, 0.29) is 0 Å². The first-order chi connectivity index (χ1) is 7.90. The van der Waals surface area contributed by atoms with Crippen LogP contribution in [0.4, 0.5) is 0 Å². The number of nitrogens with zero attached hydrogens (tertiary/aromatic N) is 1. The summed E-state index contributed by atoms with van der Waals surface area (Å²) in [6.07, 6.45) is 3.88. The van der Waals surface area contributed by atoms with Crippen molar-refractivity contribution in [2.75, 3.05) is 13.1 Å². The minimum absolute atomic E-state index is 0.471. The molecule has 16 heavy (non-hydrogen) atoms. The summed E-state index contributed by atoms with van der Waals surface area (Å²) >= 11 is 0. The lowest BCUT2D eigenvalue weighted by Crippen LogP contribution is -2.38. The Hall–Kier alpha value is -1.26. The molecule has 1 heteroatoms. The van der Waals surface area contributed by atoms with Gasteiger partial charge in [-0.15, -0.1) is 0 Å². The second kappa shape index (κ2) is 5.72. The molecule has 0 amide bonds. The molecule has 0 radical (unpaired) electrons. The quantitative estimate of drug-likeness (QED) is 0.648. The SMILES string of the molecule is CCN1CCCCC1C#Cc1ccccc1. The average Bonchev–Trinajstić information content (AvgIpc) is 2.38. The van der Waals surface area contributed by atoms with Crippen molar-refractivity contribution in [3.8, 4) is 11.8 Å². The second-order valence-electron chi connectivity index (χ2n) is 4.28. The van der Waals surface area contributed by atoms with Crippen LogP contribution in [0.5, 0.6) is 0 Å². The fraction of sp³-hybridized carbons (Fsp3) is 0.467. The summed E-state index contributed by atoms with van der Waals surface area (Å²) in [5.41, 5.74) is 1.13. The largest absolute Gasteiger partial charge is 0.290 e. The molecule has 1 aliphatic rings. The maximum Gasteiger partial charge on any atom is 0.0718 e. The number of benzene rings is 1. The molecule has 1 unspecified atom stereocenters. The van der Waals surface area contributed by atoms with Crippen molar-refractivity contribution in [2.45, 2.75) is 32.2 Å². The highest BCUT2D eigenvalue weighted by Gasteiger charge is 2.18. The maximum absolute atomic E-state index is 3.41. The Morgan fingerprint density at radius 2 is 2.06 bits per heavy atom. The Labute approximate surface area is 98.5 Å². The topological polar surface area (TPSA) is 3.24 Å². The van der Waals surface area contributed by atoms with Crippen LogP contribution in [0.1, 0.15) is 31.7 Å². The van der Waals surface area contributed by atoms with Gasteiger partial charge in [-0.05, 0) is 44.5 Å². The second-order valence-corrected chi connectivity index (χ2v) is 4.28. The molecule has 0 bridgehead atoms. The number of hydrogen-bond acceptors (Lipinski definition) is 1. The number of rotatable bonds is 1. The fourth-order valence-electron chi connectivity index (χ4n) is 2.22. The third kappa shape index (κ3) is 2.87. The standard InChI is InChI=1S/C15H19N/c1-2-16-13-7-6-10-15(16)12-11-14-8-4-3-5-9-14/h3-5,8-9,15H,2,6-7,10,13H2,1H3. The molecule has 0 saturated carbocycles. The molecule has 0 aromatic heterocycles. The van der Waals surface area contributed by atoms with Gasteiger partial charge in [-0.3, -0.25) is 4.90 Å². The summed E-state index contributed by atoms with van der Waals surface area (Å²) in [4.78, 5) is 2.49. The summed E-state index contributed by atoms with van der Waals surface area (Å²) in [5.74, 6) is 6.70. The molecule has 84 valence electrons. The molecule has 1 aliphatic heterocycles. The molecular weight excluding hydrogens is 194 g/mol. The molecule has 2 rings (SSSR count). The van der Waals surface area contributed by atoms with Gasteiger partial charge in [0.15, 0.2) is 0 Å². The van der Waals surface area contributed by atoms with Gasteiger partial charge in [-0.2, -0.15) is 0 Å². The van der Waals surface area contributed by atoms with E-state index in [0.717, 1.165) is 12.1 Å². The first-order valence-corrected chi connectivity index (χ1v) is 6.21. The summed E-state index contributed by atoms with van der Waals surface area (Å²) in [5, 5.41) is 0. The van der Waals surface area contributed by atoms with Gasteiger partial charge in [-0.1, -0.05) is 37.0 Å². The van der Waals surface area contributed by atoms with Crippen LogP contribution in [0.2, 0.25) is 0 Å². The van der Waals surface area contributed by atoms with Crippen molar-refractivity contribution in [2.24, 2.45) is 0 Å². The van der Waals surface area contributed by atoms with E-state index in [0.29, 0.717) is 6.04 Å². The third-order valence-electron chi connectivity index (χ3n) is 3.18. The summed E-state index contributed by atoms with van der Waals surface area (Å²) in [6, 6.07) is 10.7. The molecule has 0 aliphatic carbocycles. The monoisotopic (exact) mass is 213 g/mol. The highest BCUT2D eigenvalue weighted by molar-refractivity contribution is 5.34. The molecule has 1 aromatic carbocycles. The predicted molar refractivity (Wildman–Crippen MR) is 68.2 cm³/mol. The first-order valence-electron chi connectivity index (χ1n) is 6.21. The highest BCUT2D eigenvalue weighted by Crippen LogP contribution is 2.15. The van der Waals surface area contributed by atoms with Crippen molar-refractivity contribution in [1.29, 1.82) is 0 Å². The van der Waals surface area contributed by atoms with E-state index in [1.165, 1.54) is 25.8 Å². The van der Waals surface area contributed by atoms with E-state index in [1.54, 1.807) is 0 Å². The molecule has 0 N–H and O–H groups in total. The van der Waals surface area contributed by atoms with Gasteiger partial charge >= 0.3 is 0 Å². The molecule has 1 saturated heterocycles. The Bertz CT molecular complexity index is 371. The molecule has 1 nitrogen and oxygen atoms in total. The smallest absolute Gasteiger partial charge is 0.0718 e. The molecule has 1 aromatic rings. The lowest BCUT2D eigenvalue weighted by atomic mass is 10.0. The van der Waals surface area contributed by atoms with Crippen LogP contribution in [-0.4, -0.2) is 24.0 Å². The first kappa shape index (κ1) is 11.2. The van der Waals surface area contributed by atoms with Gasteiger partial charge in [0, 0.05) is 5.56 Å². The van der Waals surface area contributed by atoms with Crippen LogP contribution >= 0.6 is 0 Å². The Balaban J connectivity index is 2.05. The minimum Gasteiger partial charge on any atom is -0.290 e. The zero-order valence-electron chi connectivity index (χ0n) is 9.95. The Morgan fingerprint density at radius 1 is 1.25 bits per heavy atom. The lowest BCUT2D eigenvalue weighted by molar-refractivity contribution is 0.196. The normalized spacial score (nSPS) is 21.2. The molecule has 0 spiro atoms. The van der Waals surface area contributed by atoms with Gasteiger partial charge in [-0.25, -0.2) is 0 Å². The van der Waals surface area contributed by atoms with Crippen LogP contribution < -0.4 is 0 Å². The predicted octanol–water partition coefficient (Wildman–Crippen LogP) is 2.91. The van der Waals surface area contributed by atoms with E-state index in [1.807, 2.05) is 18.2 Å². The zero-order chi connectivity index (χ0) is 11.2. The van der Waals surface area contributed by atoms with E-state index in [9.17, 15) is 0 Å². The van der Waals surface area contributed by atoms with Gasteiger partial charge in [0.1, 0.15) is 0 Å². The van der Waals surface area contributed by atoms with Crippen molar-refractivity contribution in [3.63, 3.8) is 0 Å². The van der Waals surface area contributed by atoms with Gasteiger partial charge < -0.3 is 0 Å². The molecule has 1 heterocycles. The minimum atomic E-state index is 0.471. The van der Waals surface area contributed by atoms with Gasteiger partial charge in [0.05, 0.1) is 6.04 Å². The Kier molecular flexibility index (Phi) is 4.02. The molecule has 1 atom stereocenters. The van der Waals surface area contributed by atoms with Crippen LogP contribution in [0.15, 0.2) is 30.3 Å². The highest BCUT2D eigenvalue weighted by atomic mass is 15.1. The summed E-state index contributed by atoms with van der Waals surface area (Å²) in [6.45, 7) is 4.56. The van der Waals surface area contributed by atoms with Gasteiger partial charge in [0.25, 0.3) is 0 Å². The van der Waals surface area contributed by atoms with Gasteiger partial charge in [0.2, 0.25) is 0 Å². The number of likely N-dealkylation sites (tertiary alicyclic amines) is 1. The van der Waals surface area contributed by atoms with Crippen LogP contribution in [0.25, 0.3) is 0 Å². The van der Waals surface area contributed by atoms with Crippen molar-refractivity contribution in [1.82, 2.24) is 4.90 Å². The van der Waals surface area contributed by atoms with Crippen LogP contribution in [-0.2, 0) is 0 Å². The fourth-order valence-corrected chi connectivity index (χ4v) is 2.22. The summed E-state index contributed by atoms with van der Waals surface area (Å²) in [7, 11) is 0. The zero-order valence-corrected chi connectivity index (χ0v) is 9.95. The van der Waals surface area contributed by atoms with E-state index < -0.39 is 0 Å². The third-order valence-corrected chi connectivity index (χ3v) is 3.18. The maximum atomic E-state index is 3.41. The molecule has 1 fully saturated rings. The van der Waals surface area contributed by atoms with Crippen LogP contribution in [0.3, 0.4) is 0 Å². The van der Waals surface area contributed by atoms with Crippen molar-refractivity contribution >= 4 is 0 Å². The van der Waals surface area contributed by atoms with E-state index in [2.05, 4.69) is 35.8 Å². The Morgan fingerprint density at radius 3 is 2.81 bits per heavy atom.